The van der Waals surface area contributed by atoms with Gasteiger partial charge in [-0.25, -0.2) is 4.98 Å². The Morgan fingerprint density at radius 3 is 2.47 bits per heavy atom. The molecular formula is C12H21ClN4. The number of imidazole rings is 1. The van der Waals surface area contributed by atoms with Gasteiger partial charge in [-0.3, -0.25) is 0 Å². The smallest absolute Gasteiger partial charge is 0.107 e. The van der Waals surface area contributed by atoms with Gasteiger partial charge in [-0.1, -0.05) is 25.4 Å². The molecule has 0 atom stereocenters. The highest BCUT2D eigenvalue weighted by molar-refractivity contribution is 6.35. The summed E-state index contributed by atoms with van der Waals surface area (Å²) >= 11 is 5.94. The first-order chi connectivity index (χ1) is 8.22. The van der Waals surface area contributed by atoms with Gasteiger partial charge in [0.25, 0.3) is 0 Å². The fraction of sp³-hybridized carbons (Fsp3) is 0.417. The Balaban J connectivity index is 0.000000450. The number of aromatic nitrogens is 2. The van der Waals surface area contributed by atoms with E-state index in [2.05, 4.69) is 15.3 Å². The monoisotopic (exact) mass is 256 g/mol. The van der Waals surface area contributed by atoms with E-state index in [1.54, 1.807) is 6.33 Å². The highest BCUT2D eigenvalue weighted by Gasteiger charge is 2.02. The van der Waals surface area contributed by atoms with E-state index in [1.807, 2.05) is 40.1 Å². The van der Waals surface area contributed by atoms with Crippen molar-refractivity contribution < 1.29 is 0 Å². The summed E-state index contributed by atoms with van der Waals surface area (Å²) in [5.41, 5.74) is 8.23. The second kappa shape index (κ2) is 8.98. The normalized spacial score (nSPS) is 9.06. The second-order valence-corrected chi connectivity index (χ2v) is 3.49. The second-order valence-electron chi connectivity index (χ2n) is 3.08. The molecule has 0 aliphatic heterocycles. The maximum absolute atomic E-state index is 5.94. The maximum atomic E-state index is 5.94. The van der Waals surface area contributed by atoms with Crippen LogP contribution < -0.4 is 11.1 Å². The van der Waals surface area contributed by atoms with Gasteiger partial charge < -0.3 is 16.0 Å². The van der Waals surface area contributed by atoms with Crippen LogP contribution in [-0.4, -0.2) is 24.1 Å². The Bertz CT molecular complexity index is 425. The predicted molar refractivity (Wildman–Crippen MR) is 75.3 cm³/mol. The third kappa shape index (κ3) is 4.73. The summed E-state index contributed by atoms with van der Waals surface area (Å²) < 4.78 is 0. The van der Waals surface area contributed by atoms with Gasteiger partial charge in [0, 0.05) is 6.54 Å². The molecule has 1 aromatic heterocycles. The lowest BCUT2D eigenvalue weighted by Crippen LogP contribution is -1.95. The van der Waals surface area contributed by atoms with Crippen molar-refractivity contribution in [3.63, 3.8) is 0 Å². The summed E-state index contributed by atoms with van der Waals surface area (Å²) in [4.78, 5) is 7.05. The Labute approximate surface area is 108 Å². The summed E-state index contributed by atoms with van der Waals surface area (Å²) in [6, 6.07) is 3.79. The van der Waals surface area contributed by atoms with Gasteiger partial charge in [0.05, 0.1) is 16.9 Å². The lowest BCUT2D eigenvalue weighted by Gasteiger charge is -1.97. The van der Waals surface area contributed by atoms with E-state index < -0.39 is 0 Å². The molecule has 2 aromatic rings. The Morgan fingerprint density at radius 2 is 1.94 bits per heavy atom. The van der Waals surface area contributed by atoms with Gasteiger partial charge in [0.15, 0.2) is 0 Å². The SMILES string of the molecule is CC.CNC.NCc1cc(Cl)c2nc[nH]c2c1. The summed E-state index contributed by atoms with van der Waals surface area (Å²) in [6.45, 7) is 4.49. The number of H-pyrrole nitrogens is 1. The number of nitrogens with two attached hydrogens (primary N) is 1. The average Bonchev–Trinajstić information content (AvgIpc) is 2.81. The molecule has 0 unspecified atom stereocenters. The molecule has 0 aliphatic rings. The maximum Gasteiger partial charge on any atom is 0.107 e. The summed E-state index contributed by atoms with van der Waals surface area (Å²) in [7, 11) is 3.75. The molecule has 0 amide bonds. The van der Waals surface area contributed by atoms with Crippen LogP contribution in [0.5, 0.6) is 0 Å². The van der Waals surface area contributed by atoms with Crippen LogP contribution in [0.15, 0.2) is 18.5 Å². The summed E-state index contributed by atoms with van der Waals surface area (Å²) in [5, 5.41) is 3.40. The lowest BCUT2D eigenvalue weighted by molar-refractivity contribution is 1.02. The average molecular weight is 257 g/mol. The van der Waals surface area contributed by atoms with E-state index in [9.17, 15) is 0 Å². The Hall–Kier alpha value is -1.10. The van der Waals surface area contributed by atoms with Gasteiger partial charge >= 0.3 is 0 Å². The van der Waals surface area contributed by atoms with Gasteiger partial charge in [0.1, 0.15) is 5.52 Å². The molecule has 17 heavy (non-hydrogen) atoms. The zero-order valence-corrected chi connectivity index (χ0v) is 11.6. The quantitative estimate of drug-likeness (QED) is 0.735. The van der Waals surface area contributed by atoms with E-state index in [0.717, 1.165) is 16.6 Å². The molecule has 4 N–H and O–H groups in total. The molecule has 2 rings (SSSR count). The molecule has 96 valence electrons. The molecule has 1 aromatic carbocycles. The first-order valence-corrected chi connectivity index (χ1v) is 6.00. The van der Waals surface area contributed by atoms with Crippen LogP contribution in [0, 0.1) is 0 Å². The number of hydrogen-bond donors (Lipinski definition) is 3. The minimum absolute atomic E-state index is 0.495. The highest BCUT2D eigenvalue weighted by Crippen LogP contribution is 2.21. The minimum Gasteiger partial charge on any atom is -0.345 e. The van der Waals surface area contributed by atoms with Gasteiger partial charge in [-0.15, -0.1) is 0 Å². The molecule has 0 saturated carbocycles. The molecule has 0 saturated heterocycles. The van der Waals surface area contributed by atoms with Crippen LogP contribution in [0.2, 0.25) is 5.02 Å². The molecule has 1 heterocycles. The first-order valence-electron chi connectivity index (χ1n) is 5.63. The Morgan fingerprint density at radius 1 is 1.35 bits per heavy atom. The number of halogens is 1. The van der Waals surface area contributed by atoms with Crippen LogP contribution in [0.3, 0.4) is 0 Å². The summed E-state index contributed by atoms with van der Waals surface area (Å²) in [6.07, 6.45) is 1.62. The number of nitrogens with one attached hydrogen (secondary N) is 2. The molecule has 0 aliphatic carbocycles. The van der Waals surface area contributed by atoms with E-state index >= 15 is 0 Å². The zero-order valence-electron chi connectivity index (χ0n) is 10.8. The van der Waals surface area contributed by atoms with Crippen LogP contribution in [0.4, 0.5) is 0 Å². The third-order valence-corrected chi connectivity index (χ3v) is 2.06. The number of benzene rings is 1. The van der Waals surface area contributed by atoms with Crippen LogP contribution in [0.25, 0.3) is 11.0 Å². The van der Waals surface area contributed by atoms with E-state index in [-0.39, 0.29) is 0 Å². The predicted octanol–water partition coefficient (Wildman–Crippen LogP) is 2.54. The minimum atomic E-state index is 0.495. The van der Waals surface area contributed by atoms with Crippen LogP contribution >= 0.6 is 11.6 Å². The molecule has 4 nitrogen and oxygen atoms in total. The van der Waals surface area contributed by atoms with Gasteiger partial charge in [-0.2, -0.15) is 0 Å². The molecule has 0 fully saturated rings. The van der Waals surface area contributed by atoms with E-state index in [4.69, 9.17) is 17.3 Å². The molecule has 0 bridgehead atoms. The standard InChI is InChI=1S/C8H8ClN3.C2H7N.C2H6/c9-6-1-5(3-10)2-7-8(6)12-4-11-7;1-3-2;1-2/h1-2,4H,3,10H2,(H,11,12);3H,1-2H3;1-2H3. The molecule has 5 heteroatoms. The third-order valence-electron chi connectivity index (χ3n) is 1.77. The van der Waals surface area contributed by atoms with Crippen molar-refractivity contribution in [2.24, 2.45) is 5.73 Å². The largest absolute Gasteiger partial charge is 0.345 e. The zero-order chi connectivity index (χ0) is 13.3. The Kier molecular flexibility index (Phi) is 8.40. The van der Waals surface area contributed by atoms with Crippen LogP contribution in [0.1, 0.15) is 19.4 Å². The van der Waals surface area contributed by atoms with E-state index in [1.165, 1.54) is 0 Å². The van der Waals surface area contributed by atoms with Crippen molar-refractivity contribution >= 4 is 22.6 Å². The van der Waals surface area contributed by atoms with Crippen LogP contribution in [-0.2, 0) is 6.54 Å². The topological polar surface area (TPSA) is 66.7 Å². The van der Waals surface area contributed by atoms with Gasteiger partial charge in [-0.05, 0) is 31.8 Å². The van der Waals surface area contributed by atoms with E-state index in [0.29, 0.717) is 11.6 Å². The molecule has 0 radical (unpaired) electrons. The highest BCUT2D eigenvalue weighted by atomic mass is 35.5. The van der Waals surface area contributed by atoms with Gasteiger partial charge in [0.2, 0.25) is 0 Å². The van der Waals surface area contributed by atoms with Crippen molar-refractivity contribution in [1.29, 1.82) is 0 Å². The van der Waals surface area contributed by atoms with Crippen molar-refractivity contribution in [2.45, 2.75) is 20.4 Å². The fourth-order valence-electron chi connectivity index (χ4n) is 1.18. The first kappa shape index (κ1) is 15.9. The number of fused-ring (bicyclic) bond motifs is 1. The number of rotatable bonds is 1. The van der Waals surface area contributed by atoms with Crippen molar-refractivity contribution in [3.8, 4) is 0 Å². The number of hydrogen-bond acceptors (Lipinski definition) is 3. The lowest BCUT2D eigenvalue weighted by atomic mass is 10.2. The van der Waals surface area contributed by atoms with Crippen molar-refractivity contribution in [3.05, 3.63) is 29.0 Å². The fourth-order valence-corrected chi connectivity index (χ4v) is 1.47. The summed E-state index contributed by atoms with van der Waals surface area (Å²) in [5.74, 6) is 0. The van der Waals surface area contributed by atoms with Crippen molar-refractivity contribution in [2.75, 3.05) is 14.1 Å². The van der Waals surface area contributed by atoms with Crippen molar-refractivity contribution in [1.82, 2.24) is 15.3 Å². The molecular weight excluding hydrogens is 236 g/mol. The number of nitrogens with zero attached hydrogens (tertiary/aromatic N) is 1. The molecule has 0 spiro atoms. The number of aromatic amines is 1.